The summed E-state index contributed by atoms with van der Waals surface area (Å²) >= 11 is 1.34. The summed E-state index contributed by atoms with van der Waals surface area (Å²) in [5, 5.41) is 16.2. The third-order valence-electron chi connectivity index (χ3n) is 6.50. The number of nitrogens with zero attached hydrogens (tertiary/aromatic N) is 1. The number of carboxylic acids is 1. The standard InChI is InChI=1S/C24H25N3O7S/c1-25-20(28)12-5-6-14-15(8-12)23(30)27(22(14)29)10-13-9-16-17(11-34-13)35-21(19(16)24(31)32)26-18-4-2-3-7-33-18/h5-6,8,13,18,26H,2-4,7,9-11H2,1H3,(H,25,28)(H,31,32). The van der Waals surface area contributed by atoms with Gasteiger partial charge in [-0.3, -0.25) is 19.3 Å². The molecule has 3 amide bonds. The van der Waals surface area contributed by atoms with E-state index < -0.39 is 23.9 Å². The molecule has 2 unspecified atom stereocenters. The summed E-state index contributed by atoms with van der Waals surface area (Å²) in [6.45, 7) is 0.827. The van der Waals surface area contributed by atoms with E-state index >= 15 is 0 Å². The van der Waals surface area contributed by atoms with Crippen molar-refractivity contribution in [2.75, 3.05) is 25.5 Å². The van der Waals surface area contributed by atoms with Gasteiger partial charge in [0, 0.05) is 30.5 Å². The number of carbonyl (C=O) groups is 4. The van der Waals surface area contributed by atoms with Gasteiger partial charge in [-0.05, 0) is 43.0 Å². The van der Waals surface area contributed by atoms with E-state index in [1.165, 1.54) is 36.6 Å². The number of anilines is 1. The van der Waals surface area contributed by atoms with Gasteiger partial charge in [0.15, 0.2) is 0 Å². The molecule has 10 nitrogen and oxygen atoms in total. The van der Waals surface area contributed by atoms with Crippen LogP contribution >= 0.6 is 11.3 Å². The lowest BCUT2D eigenvalue weighted by molar-refractivity contribution is 0.00931. The fourth-order valence-corrected chi connectivity index (χ4v) is 5.90. The molecule has 1 fully saturated rings. The van der Waals surface area contributed by atoms with Crippen LogP contribution in [0.2, 0.25) is 0 Å². The fourth-order valence-electron chi connectivity index (χ4n) is 4.72. The zero-order valence-electron chi connectivity index (χ0n) is 19.1. The second-order valence-corrected chi connectivity index (χ2v) is 9.82. The molecule has 0 bridgehead atoms. The number of thiophene rings is 1. The van der Waals surface area contributed by atoms with Crippen molar-refractivity contribution in [2.45, 2.75) is 44.6 Å². The lowest BCUT2D eigenvalue weighted by Crippen LogP contribution is -2.40. The predicted molar refractivity (Wildman–Crippen MR) is 126 cm³/mol. The second-order valence-electron chi connectivity index (χ2n) is 8.71. The fraction of sp³-hybridized carbons (Fsp3) is 0.417. The van der Waals surface area contributed by atoms with Crippen molar-refractivity contribution in [2.24, 2.45) is 0 Å². The van der Waals surface area contributed by atoms with Crippen LogP contribution in [-0.4, -0.2) is 66.2 Å². The SMILES string of the molecule is CNC(=O)c1ccc2c(c1)C(=O)N(CC1Cc3c(sc(NC4CCCCO4)c3C(=O)O)CO1)C2=O. The van der Waals surface area contributed by atoms with Crippen LogP contribution in [0.15, 0.2) is 18.2 Å². The first-order valence-electron chi connectivity index (χ1n) is 11.5. The van der Waals surface area contributed by atoms with Crippen molar-refractivity contribution in [3.8, 4) is 0 Å². The monoisotopic (exact) mass is 499 g/mol. The van der Waals surface area contributed by atoms with Gasteiger partial charge in [0.25, 0.3) is 17.7 Å². The third kappa shape index (κ3) is 4.30. The quantitative estimate of drug-likeness (QED) is 0.516. The number of amides is 3. The Morgan fingerprint density at radius 1 is 1.17 bits per heavy atom. The Hall–Kier alpha value is -3.28. The molecule has 5 rings (SSSR count). The minimum Gasteiger partial charge on any atom is -0.478 e. The Labute approximate surface area is 205 Å². The van der Waals surface area contributed by atoms with Crippen LogP contribution in [0.1, 0.15) is 71.1 Å². The first-order chi connectivity index (χ1) is 16.9. The van der Waals surface area contributed by atoms with E-state index in [0.717, 1.165) is 29.0 Å². The maximum Gasteiger partial charge on any atom is 0.338 e. The molecule has 0 aliphatic carbocycles. The van der Waals surface area contributed by atoms with Crippen LogP contribution < -0.4 is 10.6 Å². The number of hydrogen-bond donors (Lipinski definition) is 3. The van der Waals surface area contributed by atoms with Crippen molar-refractivity contribution in [1.82, 2.24) is 10.2 Å². The topological polar surface area (TPSA) is 134 Å². The van der Waals surface area contributed by atoms with Crippen molar-refractivity contribution >= 4 is 40.0 Å². The largest absolute Gasteiger partial charge is 0.478 e. The summed E-state index contributed by atoms with van der Waals surface area (Å²) in [4.78, 5) is 51.9. The van der Waals surface area contributed by atoms with E-state index in [1.807, 2.05) is 0 Å². The van der Waals surface area contributed by atoms with E-state index in [2.05, 4.69) is 10.6 Å². The maximum absolute atomic E-state index is 13.0. The molecule has 35 heavy (non-hydrogen) atoms. The molecule has 3 aliphatic rings. The summed E-state index contributed by atoms with van der Waals surface area (Å²) < 4.78 is 11.6. The molecule has 184 valence electrons. The first kappa shape index (κ1) is 23.5. The lowest BCUT2D eigenvalue weighted by Gasteiger charge is -2.26. The van der Waals surface area contributed by atoms with Crippen molar-refractivity contribution < 1.29 is 33.8 Å². The molecular weight excluding hydrogens is 474 g/mol. The van der Waals surface area contributed by atoms with Gasteiger partial charge in [-0.15, -0.1) is 11.3 Å². The molecule has 3 aliphatic heterocycles. The van der Waals surface area contributed by atoms with E-state index in [4.69, 9.17) is 9.47 Å². The molecule has 4 heterocycles. The highest BCUT2D eigenvalue weighted by atomic mass is 32.1. The van der Waals surface area contributed by atoms with E-state index in [-0.39, 0.29) is 48.4 Å². The number of imide groups is 1. The first-order valence-corrected chi connectivity index (χ1v) is 12.3. The van der Waals surface area contributed by atoms with Gasteiger partial charge in [-0.2, -0.15) is 0 Å². The second kappa shape index (κ2) is 9.40. The lowest BCUT2D eigenvalue weighted by atomic mass is 10.0. The van der Waals surface area contributed by atoms with Gasteiger partial charge in [0.2, 0.25) is 0 Å². The summed E-state index contributed by atoms with van der Waals surface area (Å²) in [6, 6.07) is 4.40. The van der Waals surface area contributed by atoms with E-state index in [0.29, 0.717) is 22.7 Å². The number of carboxylic acid groups (broad SMARTS) is 1. The minimum atomic E-state index is -1.04. The van der Waals surface area contributed by atoms with Crippen LogP contribution in [-0.2, 0) is 22.5 Å². The molecule has 2 atom stereocenters. The smallest absolute Gasteiger partial charge is 0.338 e. The molecule has 1 aromatic heterocycles. The number of aromatic carboxylic acids is 1. The van der Waals surface area contributed by atoms with Crippen LogP contribution in [0.4, 0.5) is 5.00 Å². The Morgan fingerprint density at radius 3 is 2.69 bits per heavy atom. The summed E-state index contributed by atoms with van der Waals surface area (Å²) in [6.07, 6.45) is 2.30. The molecule has 0 saturated carbocycles. The van der Waals surface area contributed by atoms with Crippen LogP contribution in [0, 0.1) is 0 Å². The number of hydrogen-bond acceptors (Lipinski definition) is 8. The molecule has 1 saturated heterocycles. The van der Waals surface area contributed by atoms with Gasteiger partial charge < -0.3 is 25.2 Å². The number of carbonyl (C=O) groups excluding carboxylic acids is 3. The molecule has 1 aromatic carbocycles. The highest BCUT2D eigenvalue weighted by Gasteiger charge is 2.39. The summed E-state index contributed by atoms with van der Waals surface area (Å²) in [7, 11) is 1.49. The van der Waals surface area contributed by atoms with Gasteiger partial charge in [-0.25, -0.2) is 4.79 Å². The zero-order valence-corrected chi connectivity index (χ0v) is 19.9. The average Bonchev–Trinajstić information content (AvgIpc) is 3.33. The van der Waals surface area contributed by atoms with Crippen molar-refractivity contribution in [3.05, 3.63) is 50.9 Å². The van der Waals surface area contributed by atoms with Crippen LogP contribution in [0.3, 0.4) is 0 Å². The Balaban J connectivity index is 1.34. The van der Waals surface area contributed by atoms with Gasteiger partial charge in [0.1, 0.15) is 11.2 Å². The number of nitrogens with one attached hydrogen (secondary N) is 2. The number of rotatable bonds is 6. The molecule has 11 heteroatoms. The minimum absolute atomic E-state index is 0.00943. The third-order valence-corrected chi connectivity index (χ3v) is 7.64. The molecule has 0 spiro atoms. The summed E-state index contributed by atoms with van der Waals surface area (Å²) in [5.41, 5.74) is 1.56. The number of benzene rings is 1. The van der Waals surface area contributed by atoms with Crippen LogP contribution in [0.25, 0.3) is 0 Å². The highest BCUT2D eigenvalue weighted by molar-refractivity contribution is 7.16. The number of ether oxygens (including phenoxy) is 2. The average molecular weight is 500 g/mol. The van der Waals surface area contributed by atoms with E-state index in [1.54, 1.807) is 0 Å². The van der Waals surface area contributed by atoms with E-state index in [9.17, 15) is 24.3 Å². The highest BCUT2D eigenvalue weighted by Crippen LogP contribution is 2.39. The predicted octanol–water partition coefficient (Wildman–Crippen LogP) is 2.48. The Kier molecular flexibility index (Phi) is 6.30. The Morgan fingerprint density at radius 2 is 1.97 bits per heavy atom. The molecule has 2 aromatic rings. The zero-order chi connectivity index (χ0) is 24.7. The van der Waals surface area contributed by atoms with Gasteiger partial charge in [-0.1, -0.05) is 0 Å². The van der Waals surface area contributed by atoms with Gasteiger partial charge in [0.05, 0.1) is 35.9 Å². The van der Waals surface area contributed by atoms with Crippen molar-refractivity contribution in [3.63, 3.8) is 0 Å². The number of fused-ring (bicyclic) bond motifs is 2. The van der Waals surface area contributed by atoms with Crippen LogP contribution in [0.5, 0.6) is 0 Å². The van der Waals surface area contributed by atoms with Gasteiger partial charge >= 0.3 is 5.97 Å². The molecular formula is C24H25N3O7S. The maximum atomic E-state index is 13.0. The molecule has 3 N–H and O–H groups in total. The molecule has 0 radical (unpaired) electrons. The summed E-state index contributed by atoms with van der Waals surface area (Å²) in [5.74, 6) is -2.34. The van der Waals surface area contributed by atoms with Crippen molar-refractivity contribution in [1.29, 1.82) is 0 Å². The Bertz CT molecular complexity index is 1220. The normalized spacial score (nSPS) is 21.5.